The number of anilines is 1. The Bertz CT molecular complexity index is 654. The molecule has 8 heteroatoms. The van der Waals surface area contributed by atoms with Crippen molar-refractivity contribution >= 4 is 23.7 Å². The van der Waals surface area contributed by atoms with Crippen molar-refractivity contribution in [1.29, 1.82) is 0 Å². The summed E-state index contributed by atoms with van der Waals surface area (Å²) in [5.74, 6) is 2.51. The molecule has 1 aromatic rings. The zero-order valence-corrected chi connectivity index (χ0v) is 12.3. The Morgan fingerprint density at radius 2 is 2.05 bits per heavy atom. The fourth-order valence-electron chi connectivity index (χ4n) is 1.97. The highest BCUT2D eigenvalue weighted by molar-refractivity contribution is 6.29. The number of para-hydroxylation sites is 1. The van der Waals surface area contributed by atoms with Crippen LogP contribution >= 0.6 is 0 Å². The van der Waals surface area contributed by atoms with Crippen LogP contribution in [0, 0.1) is 0 Å². The van der Waals surface area contributed by atoms with Crippen molar-refractivity contribution in [3.05, 3.63) is 30.6 Å². The van der Waals surface area contributed by atoms with Crippen LogP contribution in [0.2, 0.25) is 0 Å². The van der Waals surface area contributed by atoms with Gasteiger partial charge in [0, 0.05) is 0 Å². The van der Waals surface area contributed by atoms with Gasteiger partial charge in [-0.1, -0.05) is 6.07 Å². The van der Waals surface area contributed by atoms with Crippen molar-refractivity contribution in [2.75, 3.05) is 19.5 Å². The number of quaternary nitrogens is 1. The second kappa shape index (κ2) is 6.38. The Kier molecular flexibility index (Phi) is 4.56. The predicted molar refractivity (Wildman–Crippen MR) is 76.6 cm³/mol. The molecule has 1 unspecified atom stereocenters. The topological polar surface area (TPSA) is 72.0 Å². The summed E-state index contributed by atoms with van der Waals surface area (Å²) in [5, 5.41) is 8.31. The van der Waals surface area contributed by atoms with Crippen molar-refractivity contribution in [1.82, 2.24) is 0 Å². The lowest BCUT2D eigenvalue weighted by Gasteiger charge is -2.12. The van der Waals surface area contributed by atoms with Crippen LogP contribution in [-0.4, -0.2) is 32.2 Å². The van der Waals surface area contributed by atoms with Crippen molar-refractivity contribution in [3.8, 4) is 11.5 Å². The third-order valence-corrected chi connectivity index (χ3v) is 2.88. The van der Waals surface area contributed by atoms with Gasteiger partial charge in [-0.15, -0.1) is 5.01 Å². The largest absolute Gasteiger partial charge is 1.00 e. The number of fused-ring (bicyclic) bond motifs is 1. The molecule has 1 atom stereocenters. The van der Waals surface area contributed by atoms with Gasteiger partial charge in [0.1, 0.15) is 12.4 Å². The number of nitrogens with zero attached hydrogens (tertiary/aromatic N) is 3. The van der Waals surface area contributed by atoms with E-state index < -0.39 is 0 Å². The Labute approximate surface area is 128 Å². The summed E-state index contributed by atoms with van der Waals surface area (Å²) >= 11 is 0. The van der Waals surface area contributed by atoms with E-state index in [1.165, 1.54) is 0 Å². The Morgan fingerprint density at radius 3 is 2.76 bits per heavy atom. The zero-order chi connectivity index (χ0) is 13.9. The number of nitrogens with one attached hydrogen (secondary N) is 2. The van der Waals surface area contributed by atoms with E-state index in [1.54, 1.807) is 26.6 Å². The third kappa shape index (κ3) is 2.88. The molecule has 0 radical (unpaired) electrons. The molecular weight excluding hydrogens is 294 g/mol. The zero-order valence-electron chi connectivity index (χ0n) is 11.5. The lowest BCUT2D eigenvalue weighted by molar-refractivity contribution is -0.748. The number of benzene rings is 1. The average Bonchev–Trinajstić information content (AvgIpc) is 2.89. The molecule has 2 aliphatic rings. The van der Waals surface area contributed by atoms with Gasteiger partial charge in [-0.3, -0.25) is 4.99 Å². The van der Waals surface area contributed by atoms with Crippen LogP contribution in [-0.2, 0) is 0 Å². The number of aliphatic imine (C=N–C) groups is 2. The van der Waals surface area contributed by atoms with Crippen LogP contribution in [0.1, 0.15) is 0 Å². The first-order valence-electron chi connectivity index (χ1n) is 6.04. The molecule has 2 aliphatic heterocycles. The molecule has 21 heavy (non-hydrogen) atoms. The van der Waals surface area contributed by atoms with Crippen LogP contribution in [0.25, 0.3) is 0 Å². The van der Waals surface area contributed by atoms with E-state index in [4.69, 9.17) is 9.47 Å². The monoisotopic (exact) mass is 307 g/mol. The van der Waals surface area contributed by atoms with Crippen LogP contribution in [0.5, 0.6) is 11.5 Å². The molecule has 0 fully saturated rings. The highest BCUT2D eigenvalue weighted by atomic mass is 35.5. The number of ether oxygens (including phenoxy) is 2. The predicted octanol–water partition coefficient (Wildman–Crippen LogP) is -2.76. The molecule has 0 spiro atoms. The first kappa shape index (κ1) is 15.0. The quantitative estimate of drug-likeness (QED) is 0.636. The number of hydrogen-bond acceptors (Lipinski definition) is 6. The molecule has 7 nitrogen and oxygen atoms in total. The minimum Gasteiger partial charge on any atom is -1.00 e. The molecule has 3 rings (SSSR count). The highest BCUT2D eigenvalue weighted by Crippen LogP contribution is 2.34. The maximum absolute atomic E-state index is 5.36. The molecule has 2 heterocycles. The first-order chi connectivity index (χ1) is 9.81. The standard InChI is InChI=1S/C13H13N5O2.ClH/c1-19-10-5-3-4-9(12(10)20-2)15-13-16-11-8-14-6-7-18(11)17-13;/h3-8H,1-2H3,(H,15,17);1H. The second-order valence-electron chi connectivity index (χ2n) is 4.08. The highest BCUT2D eigenvalue weighted by Gasteiger charge is 2.25. The lowest BCUT2D eigenvalue weighted by atomic mass is 10.2. The van der Waals surface area contributed by atoms with Crippen LogP contribution in [0.4, 0.5) is 5.69 Å². The Balaban J connectivity index is 0.00000161. The van der Waals surface area contributed by atoms with E-state index in [-0.39, 0.29) is 12.4 Å². The van der Waals surface area contributed by atoms with E-state index in [0.717, 1.165) is 16.5 Å². The summed E-state index contributed by atoms with van der Waals surface area (Å²) in [4.78, 5) is 8.38. The van der Waals surface area contributed by atoms with Crippen molar-refractivity contribution < 1.29 is 26.9 Å². The van der Waals surface area contributed by atoms with Gasteiger partial charge in [-0.25, -0.2) is 0 Å². The van der Waals surface area contributed by atoms with E-state index in [9.17, 15) is 0 Å². The van der Waals surface area contributed by atoms with Gasteiger partial charge >= 0.3 is 0 Å². The maximum atomic E-state index is 5.36. The molecule has 0 aliphatic carbocycles. The average molecular weight is 308 g/mol. The Hall–Kier alpha value is -2.38. The van der Waals surface area contributed by atoms with Crippen LogP contribution < -0.4 is 32.2 Å². The molecule has 0 saturated carbocycles. The summed E-state index contributed by atoms with van der Waals surface area (Å²) in [6.45, 7) is 0. The number of halogens is 1. The maximum Gasteiger partial charge on any atom is 0.287 e. The summed E-state index contributed by atoms with van der Waals surface area (Å²) in [6.07, 6.45) is 5.18. The molecule has 0 aromatic heterocycles. The van der Waals surface area contributed by atoms with Gasteiger partial charge in [0.2, 0.25) is 0 Å². The summed E-state index contributed by atoms with van der Waals surface area (Å²) in [5.41, 5.74) is 0.745. The van der Waals surface area contributed by atoms with Gasteiger partial charge < -0.3 is 27.2 Å². The number of hydrogen-bond donors (Lipinski definition) is 2. The van der Waals surface area contributed by atoms with Gasteiger partial charge in [0.05, 0.1) is 26.1 Å². The molecule has 0 bridgehead atoms. The number of guanidine groups is 1. The smallest absolute Gasteiger partial charge is 0.287 e. The molecule has 110 valence electrons. The second-order valence-corrected chi connectivity index (χ2v) is 4.08. The minimum atomic E-state index is 0. The first-order valence-corrected chi connectivity index (χ1v) is 6.04. The van der Waals surface area contributed by atoms with Crippen LogP contribution in [0.3, 0.4) is 0 Å². The van der Waals surface area contributed by atoms with Crippen LogP contribution in [0.15, 0.2) is 45.7 Å². The van der Waals surface area contributed by atoms with E-state index in [0.29, 0.717) is 17.5 Å². The number of amidine groups is 1. The van der Waals surface area contributed by atoms with Crippen molar-refractivity contribution in [3.63, 3.8) is 0 Å². The van der Waals surface area contributed by atoms with Gasteiger partial charge in [0.25, 0.3) is 11.8 Å². The van der Waals surface area contributed by atoms with Crippen molar-refractivity contribution in [2.45, 2.75) is 0 Å². The number of methoxy groups -OCH3 is 2. The molecule has 2 N–H and O–H groups in total. The summed E-state index contributed by atoms with van der Waals surface area (Å²) in [7, 11) is 3.19. The Morgan fingerprint density at radius 1 is 1.19 bits per heavy atom. The number of rotatable bonds is 3. The minimum absolute atomic E-state index is 0. The molecule has 0 saturated heterocycles. The van der Waals surface area contributed by atoms with Crippen molar-refractivity contribution in [2.24, 2.45) is 15.1 Å². The van der Waals surface area contributed by atoms with E-state index >= 15 is 0 Å². The lowest BCUT2D eigenvalue weighted by Crippen LogP contribution is -3.05. The summed E-state index contributed by atoms with van der Waals surface area (Å²) in [6, 6.07) is 5.57. The normalized spacial score (nSPS) is 18.3. The SMILES string of the molecule is COc1cccc(NC2=N[NH+]3C=CN=CC3=N2)c1OC.[Cl-]. The van der Waals surface area contributed by atoms with E-state index in [1.807, 2.05) is 24.4 Å². The molecule has 0 amide bonds. The summed E-state index contributed by atoms with van der Waals surface area (Å²) < 4.78 is 10.6. The van der Waals surface area contributed by atoms with E-state index in [2.05, 4.69) is 20.4 Å². The van der Waals surface area contributed by atoms with Gasteiger partial charge in [-0.05, 0) is 17.2 Å². The third-order valence-electron chi connectivity index (χ3n) is 2.88. The van der Waals surface area contributed by atoms with Gasteiger partial charge in [0.15, 0.2) is 11.5 Å². The molecule has 1 aromatic carbocycles. The van der Waals surface area contributed by atoms with Gasteiger partial charge in [-0.2, -0.15) is 4.99 Å². The fraction of sp³-hybridized carbons (Fsp3) is 0.154. The fourth-order valence-corrected chi connectivity index (χ4v) is 1.97. The molecular formula is C13H14ClN5O2.